The second-order valence-corrected chi connectivity index (χ2v) is 4.72. The van der Waals surface area contributed by atoms with Gasteiger partial charge in [0.2, 0.25) is 0 Å². The molecule has 1 heterocycles. The molecule has 1 unspecified atom stereocenters. The normalized spacial score (nSPS) is 20.6. The van der Waals surface area contributed by atoms with Crippen molar-refractivity contribution in [1.82, 2.24) is 4.90 Å². The molecule has 0 aliphatic carbocycles. The van der Waals surface area contributed by atoms with Crippen LogP contribution in [0.3, 0.4) is 0 Å². The Bertz CT molecular complexity index is 456. The van der Waals surface area contributed by atoms with Crippen LogP contribution in [0.15, 0.2) is 18.2 Å². The maximum absolute atomic E-state index is 13.2. The lowest BCUT2D eigenvalue weighted by Crippen LogP contribution is -2.41. The van der Waals surface area contributed by atoms with Gasteiger partial charge in [-0.05, 0) is 43.1 Å². The average molecular weight is 248 g/mol. The summed E-state index contributed by atoms with van der Waals surface area (Å²) in [5, 5.41) is 18.4. The molecule has 1 aliphatic heterocycles. The molecule has 0 amide bonds. The van der Waals surface area contributed by atoms with Crippen LogP contribution in [0, 0.1) is 17.1 Å². The van der Waals surface area contributed by atoms with E-state index in [4.69, 9.17) is 5.26 Å². The SMILES string of the molecule is N#Cc1ccc(F)cc1CN1CCCCC1CO. The van der Waals surface area contributed by atoms with Crippen LogP contribution in [0.5, 0.6) is 0 Å². The lowest BCUT2D eigenvalue weighted by atomic mass is 10.0. The first-order chi connectivity index (χ1) is 8.74. The molecule has 0 spiro atoms. The molecule has 2 rings (SSSR count). The lowest BCUT2D eigenvalue weighted by Gasteiger charge is -2.34. The van der Waals surface area contributed by atoms with Gasteiger partial charge >= 0.3 is 0 Å². The molecule has 1 aromatic carbocycles. The quantitative estimate of drug-likeness (QED) is 0.890. The molecule has 96 valence electrons. The third-order valence-corrected chi connectivity index (χ3v) is 3.52. The molecule has 1 aromatic rings. The van der Waals surface area contributed by atoms with Gasteiger partial charge in [-0.25, -0.2) is 4.39 Å². The molecular formula is C14H17FN2O. The van der Waals surface area contributed by atoms with Gasteiger partial charge in [-0.15, -0.1) is 0 Å². The number of nitriles is 1. The summed E-state index contributed by atoms with van der Waals surface area (Å²) in [6.45, 7) is 1.55. The summed E-state index contributed by atoms with van der Waals surface area (Å²) in [6, 6.07) is 6.46. The van der Waals surface area contributed by atoms with Crippen molar-refractivity contribution in [2.45, 2.75) is 31.8 Å². The van der Waals surface area contributed by atoms with E-state index in [1.807, 2.05) is 0 Å². The van der Waals surface area contributed by atoms with Crippen LogP contribution >= 0.6 is 0 Å². The number of rotatable bonds is 3. The minimum absolute atomic E-state index is 0.122. The van der Waals surface area contributed by atoms with Gasteiger partial charge < -0.3 is 5.11 Å². The topological polar surface area (TPSA) is 47.3 Å². The molecule has 0 aromatic heterocycles. The van der Waals surface area contributed by atoms with E-state index >= 15 is 0 Å². The predicted octanol–water partition coefficient (Wildman–Crippen LogP) is 2.04. The van der Waals surface area contributed by atoms with Gasteiger partial charge in [0, 0.05) is 12.6 Å². The fourth-order valence-corrected chi connectivity index (χ4v) is 2.50. The number of aliphatic hydroxyl groups excluding tert-OH is 1. The second-order valence-electron chi connectivity index (χ2n) is 4.72. The Labute approximate surface area is 106 Å². The summed E-state index contributed by atoms with van der Waals surface area (Å²) in [5.41, 5.74) is 1.22. The Morgan fingerprint density at radius 3 is 3.00 bits per heavy atom. The molecule has 1 N–H and O–H groups in total. The third kappa shape index (κ3) is 2.87. The smallest absolute Gasteiger partial charge is 0.123 e. The van der Waals surface area contributed by atoms with E-state index in [-0.39, 0.29) is 18.5 Å². The number of hydrogen-bond donors (Lipinski definition) is 1. The largest absolute Gasteiger partial charge is 0.395 e. The van der Waals surface area contributed by atoms with Gasteiger partial charge in [0.15, 0.2) is 0 Å². The van der Waals surface area contributed by atoms with Crippen molar-refractivity contribution in [3.63, 3.8) is 0 Å². The van der Waals surface area contributed by atoms with Crippen LogP contribution in [-0.2, 0) is 6.54 Å². The summed E-state index contributed by atoms with van der Waals surface area (Å²) in [5.74, 6) is -0.318. The Morgan fingerprint density at radius 2 is 2.28 bits per heavy atom. The van der Waals surface area contributed by atoms with E-state index in [0.29, 0.717) is 17.7 Å². The summed E-state index contributed by atoms with van der Waals surface area (Å²) in [7, 11) is 0. The summed E-state index contributed by atoms with van der Waals surface area (Å²) in [4.78, 5) is 2.14. The Kier molecular flexibility index (Phi) is 4.29. The van der Waals surface area contributed by atoms with Crippen molar-refractivity contribution in [1.29, 1.82) is 5.26 Å². The number of halogens is 1. The molecule has 3 nitrogen and oxygen atoms in total. The van der Waals surface area contributed by atoms with Crippen molar-refractivity contribution in [3.8, 4) is 6.07 Å². The third-order valence-electron chi connectivity index (χ3n) is 3.52. The lowest BCUT2D eigenvalue weighted by molar-refractivity contribution is 0.0840. The van der Waals surface area contributed by atoms with Gasteiger partial charge in [-0.2, -0.15) is 5.26 Å². The van der Waals surface area contributed by atoms with E-state index < -0.39 is 0 Å². The van der Waals surface area contributed by atoms with Crippen LogP contribution in [0.2, 0.25) is 0 Å². The van der Waals surface area contributed by atoms with Crippen LogP contribution < -0.4 is 0 Å². The monoisotopic (exact) mass is 248 g/mol. The molecule has 0 saturated carbocycles. The standard InChI is InChI=1S/C14H17FN2O/c15-13-5-4-11(8-16)12(7-13)9-17-6-2-1-3-14(17)10-18/h4-5,7,14,18H,1-3,6,9-10H2. The number of likely N-dealkylation sites (tertiary alicyclic amines) is 1. The van der Waals surface area contributed by atoms with E-state index in [0.717, 1.165) is 25.8 Å². The number of piperidine rings is 1. The highest BCUT2D eigenvalue weighted by atomic mass is 19.1. The van der Waals surface area contributed by atoms with Crippen molar-refractivity contribution >= 4 is 0 Å². The number of benzene rings is 1. The van der Waals surface area contributed by atoms with Crippen LogP contribution in [0.4, 0.5) is 4.39 Å². The summed E-state index contributed by atoms with van der Waals surface area (Å²) in [6.07, 6.45) is 3.18. The zero-order valence-corrected chi connectivity index (χ0v) is 10.3. The highest BCUT2D eigenvalue weighted by Gasteiger charge is 2.22. The first kappa shape index (κ1) is 13.0. The predicted molar refractivity (Wildman–Crippen MR) is 66.2 cm³/mol. The van der Waals surface area contributed by atoms with Crippen LogP contribution in [0.1, 0.15) is 30.4 Å². The number of aliphatic hydroxyl groups is 1. The van der Waals surface area contributed by atoms with Crippen molar-refractivity contribution < 1.29 is 9.50 Å². The van der Waals surface area contributed by atoms with Crippen LogP contribution in [-0.4, -0.2) is 29.2 Å². The molecule has 1 fully saturated rings. The molecule has 4 heteroatoms. The van der Waals surface area contributed by atoms with Crippen molar-refractivity contribution in [2.24, 2.45) is 0 Å². The Hall–Kier alpha value is -1.44. The van der Waals surface area contributed by atoms with E-state index in [1.54, 1.807) is 0 Å². The zero-order chi connectivity index (χ0) is 13.0. The second kappa shape index (κ2) is 5.94. The van der Waals surface area contributed by atoms with E-state index in [9.17, 15) is 9.50 Å². The zero-order valence-electron chi connectivity index (χ0n) is 10.3. The number of nitrogens with zero attached hydrogens (tertiary/aromatic N) is 2. The first-order valence-corrected chi connectivity index (χ1v) is 6.28. The Morgan fingerprint density at radius 1 is 1.44 bits per heavy atom. The van der Waals surface area contributed by atoms with E-state index in [2.05, 4.69) is 11.0 Å². The average Bonchev–Trinajstić information content (AvgIpc) is 2.40. The fourth-order valence-electron chi connectivity index (χ4n) is 2.50. The maximum atomic E-state index is 13.2. The minimum atomic E-state index is -0.318. The van der Waals surface area contributed by atoms with Gasteiger partial charge in [-0.3, -0.25) is 4.90 Å². The molecule has 1 atom stereocenters. The maximum Gasteiger partial charge on any atom is 0.123 e. The highest BCUT2D eigenvalue weighted by Crippen LogP contribution is 2.21. The van der Waals surface area contributed by atoms with E-state index in [1.165, 1.54) is 18.2 Å². The molecule has 18 heavy (non-hydrogen) atoms. The molecule has 0 radical (unpaired) electrons. The van der Waals surface area contributed by atoms with Crippen LogP contribution in [0.25, 0.3) is 0 Å². The number of hydrogen-bond acceptors (Lipinski definition) is 3. The Balaban J connectivity index is 2.17. The van der Waals surface area contributed by atoms with Gasteiger partial charge in [0.05, 0.1) is 18.2 Å². The fraction of sp³-hybridized carbons (Fsp3) is 0.500. The summed E-state index contributed by atoms with van der Waals surface area (Å²) < 4.78 is 13.2. The molecule has 0 bridgehead atoms. The van der Waals surface area contributed by atoms with Gasteiger partial charge in [-0.1, -0.05) is 6.42 Å². The highest BCUT2D eigenvalue weighted by molar-refractivity contribution is 5.37. The minimum Gasteiger partial charge on any atom is -0.395 e. The molecule has 1 saturated heterocycles. The van der Waals surface area contributed by atoms with Gasteiger partial charge in [0.25, 0.3) is 0 Å². The molecular weight excluding hydrogens is 231 g/mol. The first-order valence-electron chi connectivity index (χ1n) is 6.28. The van der Waals surface area contributed by atoms with Gasteiger partial charge in [0.1, 0.15) is 5.82 Å². The van der Waals surface area contributed by atoms with Crippen molar-refractivity contribution in [3.05, 3.63) is 35.1 Å². The summed E-state index contributed by atoms with van der Waals surface area (Å²) >= 11 is 0. The molecule has 1 aliphatic rings. The van der Waals surface area contributed by atoms with Crippen molar-refractivity contribution in [2.75, 3.05) is 13.2 Å².